The molecule has 3 rings (SSSR count). The molecular weight excluding hydrogens is 272 g/mol. The van der Waals surface area contributed by atoms with Crippen LogP contribution < -0.4 is 5.59 Å². The molecule has 0 atom stereocenters. The fourth-order valence-corrected chi connectivity index (χ4v) is 2.76. The molecule has 1 saturated heterocycles. The van der Waals surface area contributed by atoms with Crippen molar-refractivity contribution in [3.8, 4) is 0 Å². The molecule has 1 fully saturated rings. The average Bonchev–Trinajstić information content (AvgIpc) is 2.77. The second kappa shape index (κ2) is 4.26. The van der Waals surface area contributed by atoms with Crippen molar-refractivity contribution < 1.29 is 9.31 Å². The van der Waals surface area contributed by atoms with Gasteiger partial charge in [-0.25, -0.2) is 0 Å². The molecule has 1 aromatic heterocycles. The van der Waals surface area contributed by atoms with E-state index in [9.17, 15) is 0 Å². The molecule has 20 heavy (non-hydrogen) atoms. The van der Waals surface area contributed by atoms with Crippen LogP contribution in [0.5, 0.6) is 0 Å². The summed E-state index contributed by atoms with van der Waals surface area (Å²) in [5.41, 5.74) is 1.41. The molecule has 2 aromatic rings. The Bertz CT molecular complexity index is 662. The van der Waals surface area contributed by atoms with Crippen LogP contribution in [0.2, 0.25) is 5.02 Å². The molecule has 0 aliphatic carbocycles. The van der Waals surface area contributed by atoms with Gasteiger partial charge in [0.25, 0.3) is 0 Å². The summed E-state index contributed by atoms with van der Waals surface area (Å²) in [5, 5.41) is 1.78. The summed E-state index contributed by atoms with van der Waals surface area (Å²) in [6.45, 7) is 8.23. The van der Waals surface area contributed by atoms with Gasteiger partial charge in [0.05, 0.1) is 11.2 Å². The largest absolute Gasteiger partial charge is 0.512 e. The normalized spacial score (nSPS) is 20.8. The average molecular weight is 292 g/mol. The van der Waals surface area contributed by atoms with Crippen LogP contribution in [-0.4, -0.2) is 22.9 Å². The molecule has 1 aliphatic rings. The fraction of sp³-hybridized carbons (Fsp3) is 0.467. The van der Waals surface area contributed by atoms with Crippen molar-refractivity contribution in [2.75, 3.05) is 0 Å². The standard InChI is InChI=1S/C15H19BClNO2/c1-14(2)15(3,4)20-16(19-14)13-9-10-11(17)7-6-8-12(10)18(13)5/h6-9H,1-5H3. The molecule has 0 unspecified atom stereocenters. The molecule has 0 amide bonds. The van der Waals surface area contributed by atoms with E-state index in [-0.39, 0.29) is 18.3 Å². The minimum atomic E-state index is -0.367. The maximum atomic E-state index is 6.27. The van der Waals surface area contributed by atoms with Crippen LogP contribution in [0.4, 0.5) is 0 Å². The first-order valence-electron chi connectivity index (χ1n) is 6.82. The third-order valence-corrected chi connectivity index (χ3v) is 4.90. The van der Waals surface area contributed by atoms with E-state index >= 15 is 0 Å². The lowest BCUT2D eigenvalue weighted by atomic mass is 9.84. The molecule has 3 nitrogen and oxygen atoms in total. The number of rotatable bonds is 1. The molecule has 0 N–H and O–H groups in total. The van der Waals surface area contributed by atoms with E-state index in [1.807, 2.05) is 19.2 Å². The summed E-state index contributed by atoms with van der Waals surface area (Å²) < 4.78 is 14.3. The molecule has 5 heteroatoms. The van der Waals surface area contributed by atoms with Gasteiger partial charge in [0.2, 0.25) is 0 Å². The van der Waals surface area contributed by atoms with Gasteiger partial charge < -0.3 is 13.9 Å². The van der Waals surface area contributed by atoms with Crippen LogP contribution in [-0.2, 0) is 16.4 Å². The lowest BCUT2D eigenvalue weighted by molar-refractivity contribution is 0.00578. The Labute approximate surface area is 125 Å². The lowest BCUT2D eigenvalue weighted by Crippen LogP contribution is -2.41. The monoisotopic (exact) mass is 291 g/mol. The second-order valence-corrected chi connectivity index (χ2v) is 6.80. The summed E-state index contributed by atoms with van der Waals surface area (Å²) in [5.74, 6) is 0. The highest BCUT2D eigenvalue weighted by Crippen LogP contribution is 2.37. The summed E-state index contributed by atoms with van der Waals surface area (Å²) >= 11 is 6.27. The van der Waals surface area contributed by atoms with Gasteiger partial charge in [0, 0.05) is 28.6 Å². The van der Waals surface area contributed by atoms with Crippen molar-refractivity contribution in [2.24, 2.45) is 7.05 Å². The highest BCUT2D eigenvalue weighted by molar-refractivity contribution is 6.62. The molecule has 0 spiro atoms. The SMILES string of the molecule is Cn1c(B2OC(C)(C)C(C)(C)O2)cc2c(Cl)cccc21. The molecule has 1 aromatic carbocycles. The van der Waals surface area contributed by atoms with Crippen molar-refractivity contribution >= 4 is 35.2 Å². The Morgan fingerprint density at radius 3 is 2.25 bits per heavy atom. The van der Waals surface area contributed by atoms with Crippen LogP contribution >= 0.6 is 11.6 Å². The van der Waals surface area contributed by atoms with Crippen LogP contribution in [0.15, 0.2) is 24.3 Å². The fourth-order valence-electron chi connectivity index (χ4n) is 2.53. The van der Waals surface area contributed by atoms with Crippen molar-refractivity contribution in [2.45, 2.75) is 38.9 Å². The highest BCUT2D eigenvalue weighted by Gasteiger charge is 2.52. The predicted octanol–water partition coefficient (Wildman–Crippen LogP) is 3.13. The molecule has 0 radical (unpaired) electrons. The topological polar surface area (TPSA) is 23.4 Å². The second-order valence-electron chi connectivity index (χ2n) is 6.39. The van der Waals surface area contributed by atoms with Crippen molar-refractivity contribution in [1.29, 1.82) is 0 Å². The molecule has 1 aliphatic heterocycles. The van der Waals surface area contributed by atoms with Gasteiger partial charge in [-0.05, 0) is 45.9 Å². The molecule has 106 valence electrons. The van der Waals surface area contributed by atoms with E-state index in [0.29, 0.717) is 0 Å². The maximum Gasteiger partial charge on any atom is 0.512 e. The molecular formula is C15H19BClNO2. The molecule has 0 bridgehead atoms. The van der Waals surface area contributed by atoms with E-state index in [4.69, 9.17) is 20.9 Å². The maximum absolute atomic E-state index is 6.27. The number of aryl methyl sites for hydroxylation is 1. The van der Waals surface area contributed by atoms with Gasteiger partial charge in [0.15, 0.2) is 0 Å². The van der Waals surface area contributed by atoms with Gasteiger partial charge in [-0.1, -0.05) is 17.7 Å². The first-order valence-corrected chi connectivity index (χ1v) is 7.20. The van der Waals surface area contributed by atoms with Crippen LogP contribution in [0, 0.1) is 0 Å². The minimum absolute atomic E-state index is 0.335. The molecule has 0 saturated carbocycles. The Morgan fingerprint density at radius 2 is 1.70 bits per heavy atom. The summed E-state index contributed by atoms with van der Waals surface area (Å²) in [6.07, 6.45) is 0. The number of hydrogen-bond acceptors (Lipinski definition) is 2. The highest BCUT2D eigenvalue weighted by atomic mass is 35.5. The first-order chi connectivity index (χ1) is 9.23. The third kappa shape index (κ3) is 1.90. The van der Waals surface area contributed by atoms with E-state index < -0.39 is 0 Å². The van der Waals surface area contributed by atoms with E-state index in [1.54, 1.807) is 0 Å². The van der Waals surface area contributed by atoms with E-state index in [1.165, 1.54) is 0 Å². The number of nitrogens with zero attached hydrogens (tertiary/aromatic N) is 1. The number of benzene rings is 1. The Balaban J connectivity index is 2.09. The summed E-state index contributed by atoms with van der Waals surface area (Å²) in [4.78, 5) is 0. The predicted molar refractivity (Wildman–Crippen MR) is 83.6 cm³/mol. The van der Waals surface area contributed by atoms with Gasteiger partial charge in [-0.15, -0.1) is 0 Å². The minimum Gasteiger partial charge on any atom is -0.398 e. The number of aromatic nitrogens is 1. The van der Waals surface area contributed by atoms with Crippen molar-refractivity contribution in [1.82, 2.24) is 4.57 Å². The Kier molecular flexibility index (Phi) is 2.98. The van der Waals surface area contributed by atoms with Crippen molar-refractivity contribution in [3.63, 3.8) is 0 Å². The van der Waals surface area contributed by atoms with Crippen LogP contribution in [0.1, 0.15) is 27.7 Å². The first kappa shape index (κ1) is 14.0. The zero-order valence-corrected chi connectivity index (χ0v) is 13.3. The van der Waals surface area contributed by atoms with Gasteiger partial charge in [0.1, 0.15) is 0 Å². The Hall–Kier alpha value is -0.965. The van der Waals surface area contributed by atoms with E-state index in [0.717, 1.165) is 21.5 Å². The smallest absolute Gasteiger partial charge is 0.398 e. The van der Waals surface area contributed by atoms with Crippen molar-refractivity contribution in [3.05, 3.63) is 29.3 Å². The number of fused-ring (bicyclic) bond motifs is 1. The number of hydrogen-bond donors (Lipinski definition) is 0. The molecule has 2 heterocycles. The zero-order valence-electron chi connectivity index (χ0n) is 12.5. The quantitative estimate of drug-likeness (QED) is 0.754. The van der Waals surface area contributed by atoms with E-state index in [2.05, 4.69) is 44.4 Å². The Morgan fingerprint density at radius 1 is 1.10 bits per heavy atom. The number of halogens is 1. The summed E-state index contributed by atoms with van der Waals surface area (Å²) in [7, 11) is 1.65. The lowest BCUT2D eigenvalue weighted by Gasteiger charge is -2.32. The van der Waals surface area contributed by atoms with Crippen LogP contribution in [0.25, 0.3) is 10.9 Å². The third-order valence-electron chi connectivity index (χ3n) is 4.57. The van der Waals surface area contributed by atoms with Crippen LogP contribution in [0.3, 0.4) is 0 Å². The van der Waals surface area contributed by atoms with Gasteiger partial charge >= 0.3 is 7.12 Å². The van der Waals surface area contributed by atoms with Gasteiger partial charge in [-0.2, -0.15) is 0 Å². The summed E-state index contributed by atoms with van der Waals surface area (Å²) in [6, 6.07) is 7.96. The van der Waals surface area contributed by atoms with Gasteiger partial charge in [-0.3, -0.25) is 0 Å². The zero-order chi connectivity index (χ0) is 14.7.